The Bertz CT molecular complexity index is 847. The Labute approximate surface area is 144 Å². The van der Waals surface area contributed by atoms with Crippen molar-refractivity contribution in [1.82, 2.24) is 4.98 Å². The number of fused-ring (bicyclic) bond motifs is 3. The zero-order valence-corrected chi connectivity index (χ0v) is 14.3. The van der Waals surface area contributed by atoms with Crippen molar-refractivity contribution in [3.8, 4) is 0 Å². The van der Waals surface area contributed by atoms with Gasteiger partial charge in [-0.15, -0.1) is 0 Å². The summed E-state index contributed by atoms with van der Waals surface area (Å²) in [5.41, 5.74) is 0.816. The van der Waals surface area contributed by atoms with Crippen molar-refractivity contribution in [1.29, 1.82) is 0 Å². The summed E-state index contributed by atoms with van der Waals surface area (Å²) in [6.07, 6.45) is 4.66. The van der Waals surface area contributed by atoms with Crippen LogP contribution in [0.25, 0.3) is 10.2 Å². The van der Waals surface area contributed by atoms with Gasteiger partial charge < -0.3 is 10.4 Å². The number of carboxylic acids is 1. The van der Waals surface area contributed by atoms with E-state index in [2.05, 4.69) is 26.2 Å². The van der Waals surface area contributed by atoms with Crippen molar-refractivity contribution >= 4 is 54.5 Å². The van der Waals surface area contributed by atoms with E-state index in [9.17, 15) is 14.7 Å². The van der Waals surface area contributed by atoms with E-state index in [0.717, 1.165) is 21.1 Å². The molecule has 2 aliphatic carbocycles. The van der Waals surface area contributed by atoms with E-state index in [1.165, 1.54) is 11.3 Å². The van der Waals surface area contributed by atoms with Gasteiger partial charge in [0.15, 0.2) is 5.13 Å². The second-order valence-corrected chi connectivity index (χ2v) is 7.90. The summed E-state index contributed by atoms with van der Waals surface area (Å²) in [5.74, 6) is -2.29. The fraction of sp³-hybridized carbons (Fsp3) is 0.312. The van der Waals surface area contributed by atoms with Gasteiger partial charge in [-0.2, -0.15) is 0 Å². The van der Waals surface area contributed by atoms with Crippen LogP contribution >= 0.6 is 27.3 Å². The van der Waals surface area contributed by atoms with Gasteiger partial charge in [0.25, 0.3) is 0 Å². The molecule has 5 nitrogen and oxygen atoms in total. The van der Waals surface area contributed by atoms with Gasteiger partial charge in [0.2, 0.25) is 5.91 Å². The highest BCUT2D eigenvalue weighted by molar-refractivity contribution is 9.10. The lowest BCUT2D eigenvalue weighted by Crippen LogP contribution is -2.36. The molecule has 2 aromatic rings. The van der Waals surface area contributed by atoms with Crippen LogP contribution in [0, 0.1) is 23.7 Å². The zero-order chi connectivity index (χ0) is 16.1. The lowest BCUT2D eigenvalue weighted by atomic mass is 9.82. The fourth-order valence-electron chi connectivity index (χ4n) is 3.66. The second kappa shape index (κ2) is 5.42. The van der Waals surface area contributed by atoms with Crippen molar-refractivity contribution in [2.75, 3.05) is 5.32 Å². The standard InChI is InChI=1S/C16H13BrN2O3S/c17-9-3-4-10-11(6-9)23-16(18-10)19-14(20)12-7-1-2-8(5-7)13(12)15(21)22/h1-4,6-8,12-13H,5H2,(H,21,22)(H,18,19,20)/t7-,8+,12+,13-/m1/s1. The van der Waals surface area contributed by atoms with Crippen LogP contribution in [0.1, 0.15) is 6.42 Å². The molecule has 0 spiro atoms. The SMILES string of the molecule is O=C(Nc1nc2ccc(Br)cc2s1)[C@@H]1[C@H](C(=O)O)[C@H]2C=C[C@@H]1C2. The Hall–Kier alpha value is -1.73. The molecule has 2 aliphatic rings. The van der Waals surface area contributed by atoms with Gasteiger partial charge in [-0.05, 0) is 36.5 Å². The average molecular weight is 393 g/mol. The summed E-state index contributed by atoms with van der Waals surface area (Å²) in [4.78, 5) is 28.5. The Balaban J connectivity index is 1.59. The monoisotopic (exact) mass is 392 g/mol. The lowest BCUT2D eigenvalue weighted by Gasteiger charge is -2.23. The Morgan fingerprint density at radius 1 is 1.26 bits per heavy atom. The zero-order valence-electron chi connectivity index (χ0n) is 11.9. The number of hydrogen-bond acceptors (Lipinski definition) is 4. The van der Waals surface area contributed by atoms with E-state index in [-0.39, 0.29) is 17.7 Å². The van der Waals surface area contributed by atoms with Crippen molar-refractivity contribution < 1.29 is 14.7 Å². The smallest absolute Gasteiger partial charge is 0.307 e. The Morgan fingerprint density at radius 3 is 2.74 bits per heavy atom. The molecule has 0 radical (unpaired) electrons. The summed E-state index contributed by atoms with van der Waals surface area (Å²) in [6, 6.07) is 5.73. The third-order valence-corrected chi connectivity index (χ3v) is 6.05. The number of allylic oxidation sites excluding steroid dienone is 2. The molecule has 1 aromatic carbocycles. The summed E-state index contributed by atoms with van der Waals surface area (Å²) < 4.78 is 1.92. The highest BCUT2D eigenvalue weighted by atomic mass is 79.9. The third kappa shape index (κ3) is 2.48. The van der Waals surface area contributed by atoms with E-state index in [1.807, 2.05) is 30.4 Å². The molecule has 0 aliphatic heterocycles. The second-order valence-electron chi connectivity index (χ2n) is 5.96. The maximum Gasteiger partial charge on any atom is 0.307 e. The first kappa shape index (κ1) is 14.8. The molecule has 7 heteroatoms. The number of anilines is 1. The molecular weight excluding hydrogens is 380 g/mol. The van der Waals surface area contributed by atoms with E-state index in [0.29, 0.717) is 5.13 Å². The van der Waals surface area contributed by atoms with Crippen LogP contribution in [-0.2, 0) is 9.59 Å². The van der Waals surface area contributed by atoms with Crippen molar-refractivity contribution in [3.05, 3.63) is 34.8 Å². The van der Waals surface area contributed by atoms with E-state index < -0.39 is 17.8 Å². The first-order chi connectivity index (χ1) is 11.0. The van der Waals surface area contributed by atoms with Crippen LogP contribution in [0.3, 0.4) is 0 Å². The molecule has 4 rings (SSSR count). The van der Waals surface area contributed by atoms with Gasteiger partial charge in [-0.3, -0.25) is 9.59 Å². The Kier molecular flexibility index (Phi) is 3.50. The van der Waals surface area contributed by atoms with Gasteiger partial charge in [0.05, 0.1) is 22.1 Å². The van der Waals surface area contributed by atoms with E-state index in [4.69, 9.17) is 0 Å². The maximum atomic E-state index is 12.6. The summed E-state index contributed by atoms with van der Waals surface area (Å²) in [6.45, 7) is 0. The third-order valence-electron chi connectivity index (χ3n) is 4.63. The molecule has 0 saturated heterocycles. The van der Waals surface area contributed by atoms with Crippen LogP contribution in [0.2, 0.25) is 0 Å². The van der Waals surface area contributed by atoms with Gasteiger partial charge in [-0.1, -0.05) is 39.4 Å². The first-order valence-corrected chi connectivity index (χ1v) is 8.92. The van der Waals surface area contributed by atoms with Crippen molar-refractivity contribution in [2.45, 2.75) is 6.42 Å². The number of benzene rings is 1. The molecule has 2 N–H and O–H groups in total. The predicted octanol–water partition coefficient (Wildman–Crippen LogP) is 3.52. The Morgan fingerprint density at radius 2 is 2.00 bits per heavy atom. The van der Waals surface area contributed by atoms with Crippen molar-refractivity contribution in [3.63, 3.8) is 0 Å². The molecule has 118 valence electrons. The van der Waals surface area contributed by atoms with Gasteiger partial charge in [0.1, 0.15) is 0 Å². The fourth-order valence-corrected chi connectivity index (χ4v) is 5.08. The summed E-state index contributed by atoms with van der Waals surface area (Å²) in [7, 11) is 0. The molecule has 1 aromatic heterocycles. The van der Waals surface area contributed by atoms with Crippen LogP contribution in [0.4, 0.5) is 5.13 Å². The normalized spacial score (nSPS) is 28.4. The van der Waals surface area contributed by atoms with Gasteiger partial charge in [-0.25, -0.2) is 4.98 Å². The molecule has 1 saturated carbocycles. The molecule has 2 bridgehead atoms. The lowest BCUT2D eigenvalue weighted by molar-refractivity contribution is -0.146. The topological polar surface area (TPSA) is 79.3 Å². The number of aliphatic carboxylic acids is 1. The highest BCUT2D eigenvalue weighted by Crippen LogP contribution is 2.48. The van der Waals surface area contributed by atoms with Crippen LogP contribution in [0.15, 0.2) is 34.8 Å². The number of aromatic nitrogens is 1. The first-order valence-electron chi connectivity index (χ1n) is 7.31. The minimum Gasteiger partial charge on any atom is -0.481 e. The minimum atomic E-state index is -0.893. The molecule has 23 heavy (non-hydrogen) atoms. The number of nitrogens with one attached hydrogen (secondary N) is 1. The largest absolute Gasteiger partial charge is 0.481 e. The molecule has 1 heterocycles. The van der Waals surface area contributed by atoms with Gasteiger partial charge >= 0.3 is 5.97 Å². The minimum absolute atomic E-state index is 0.0182. The summed E-state index contributed by atoms with van der Waals surface area (Å²) >= 11 is 4.80. The number of carbonyl (C=O) groups is 2. The number of hydrogen-bond donors (Lipinski definition) is 2. The summed E-state index contributed by atoms with van der Waals surface area (Å²) in [5, 5.41) is 12.8. The predicted molar refractivity (Wildman–Crippen MR) is 91.3 cm³/mol. The van der Waals surface area contributed by atoms with Gasteiger partial charge in [0, 0.05) is 4.47 Å². The maximum absolute atomic E-state index is 12.6. The number of rotatable bonds is 3. The molecule has 1 fully saturated rings. The number of nitrogens with zero attached hydrogens (tertiary/aromatic N) is 1. The number of carbonyl (C=O) groups excluding carboxylic acids is 1. The molecule has 4 atom stereocenters. The quantitative estimate of drug-likeness (QED) is 0.783. The number of amides is 1. The van der Waals surface area contributed by atoms with E-state index in [1.54, 1.807) is 0 Å². The average Bonchev–Trinajstić information content (AvgIpc) is 3.18. The van der Waals surface area contributed by atoms with Crippen LogP contribution in [0.5, 0.6) is 0 Å². The van der Waals surface area contributed by atoms with Crippen LogP contribution < -0.4 is 5.32 Å². The molecular formula is C16H13BrN2O3S. The molecule has 0 unspecified atom stereocenters. The number of carboxylic acid groups (broad SMARTS) is 1. The number of halogens is 1. The highest BCUT2D eigenvalue weighted by Gasteiger charge is 2.51. The molecule has 1 amide bonds. The number of thiazole rings is 1. The van der Waals surface area contributed by atoms with E-state index >= 15 is 0 Å². The van der Waals surface area contributed by atoms with Crippen molar-refractivity contribution in [2.24, 2.45) is 23.7 Å². The van der Waals surface area contributed by atoms with Crippen LogP contribution in [-0.4, -0.2) is 22.0 Å².